The molecule has 1 fully saturated rings. The molecule has 0 saturated carbocycles. The van der Waals surface area contributed by atoms with Crippen molar-refractivity contribution in [1.82, 2.24) is 5.32 Å². The molecular formula is C15H16FNO4. The first-order valence-corrected chi connectivity index (χ1v) is 6.57. The van der Waals surface area contributed by atoms with Crippen LogP contribution in [0.2, 0.25) is 0 Å². The zero-order chi connectivity index (χ0) is 15.1. The molecule has 1 unspecified atom stereocenters. The van der Waals surface area contributed by atoms with Crippen LogP contribution in [-0.4, -0.2) is 50.1 Å². The van der Waals surface area contributed by atoms with E-state index < -0.39 is 5.82 Å². The Morgan fingerprint density at radius 1 is 1.48 bits per heavy atom. The molecule has 6 heteroatoms. The number of hydrogen-bond acceptors (Lipinski definition) is 4. The molecule has 0 radical (unpaired) electrons. The molecule has 0 aromatic heterocycles. The van der Waals surface area contributed by atoms with Gasteiger partial charge in [0.25, 0.3) is 5.91 Å². The van der Waals surface area contributed by atoms with Crippen LogP contribution >= 0.6 is 0 Å². The van der Waals surface area contributed by atoms with Crippen molar-refractivity contribution in [3.8, 4) is 11.8 Å². The number of carbonyl (C=O) groups is 1. The molecular weight excluding hydrogens is 277 g/mol. The van der Waals surface area contributed by atoms with Crippen LogP contribution in [0.15, 0.2) is 18.2 Å². The molecule has 1 aromatic rings. The fourth-order valence-corrected chi connectivity index (χ4v) is 1.86. The number of rotatable bonds is 3. The lowest BCUT2D eigenvalue weighted by atomic mass is 10.1. The maximum absolute atomic E-state index is 13.7. The first kappa shape index (κ1) is 15.4. The Morgan fingerprint density at radius 2 is 2.33 bits per heavy atom. The van der Waals surface area contributed by atoms with Gasteiger partial charge in [0.05, 0.1) is 31.5 Å². The summed E-state index contributed by atoms with van der Waals surface area (Å²) in [5.74, 6) is 3.85. The minimum absolute atomic E-state index is 0.143. The highest BCUT2D eigenvalue weighted by atomic mass is 19.1. The third kappa shape index (κ3) is 4.53. The summed E-state index contributed by atoms with van der Waals surface area (Å²) in [6, 6.07) is 4.01. The maximum Gasteiger partial charge on any atom is 0.251 e. The first-order valence-electron chi connectivity index (χ1n) is 6.57. The lowest BCUT2D eigenvalue weighted by molar-refractivity contribution is -0.0855. The van der Waals surface area contributed by atoms with Gasteiger partial charge in [0.1, 0.15) is 12.4 Å². The van der Waals surface area contributed by atoms with Crippen molar-refractivity contribution in [3.63, 3.8) is 0 Å². The van der Waals surface area contributed by atoms with Crippen LogP contribution in [0.4, 0.5) is 4.39 Å². The number of halogens is 1. The van der Waals surface area contributed by atoms with Gasteiger partial charge in [0, 0.05) is 12.1 Å². The molecule has 2 N–H and O–H groups in total. The van der Waals surface area contributed by atoms with E-state index in [-0.39, 0.29) is 29.7 Å². The smallest absolute Gasteiger partial charge is 0.251 e. The van der Waals surface area contributed by atoms with Crippen molar-refractivity contribution in [3.05, 3.63) is 35.1 Å². The van der Waals surface area contributed by atoms with E-state index in [9.17, 15) is 9.18 Å². The van der Waals surface area contributed by atoms with Crippen LogP contribution < -0.4 is 5.32 Å². The molecule has 1 amide bonds. The molecule has 5 nitrogen and oxygen atoms in total. The average Bonchev–Trinajstić information content (AvgIpc) is 2.52. The third-order valence-electron chi connectivity index (χ3n) is 2.91. The standard InChI is InChI=1S/C15H16FNO4/c16-14-8-12(4-3-11(14)2-1-5-18)15(19)17-9-13-10-20-6-7-21-13/h3-4,8,13,18H,5-7,9-10H2,(H,17,19). The van der Waals surface area contributed by atoms with Crippen molar-refractivity contribution in [2.45, 2.75) is 6.10 Å². The van der Waals surface area contributed by atoms with Crippen molar-refractivity contribution in [2.75, 3.05) is 33.0 Å². The van der Waals surface area contributed by atoms with Gasteiger partial charge >= 0.3 is 0 Å². The summed E-state index contributed by atoms with van der Waals surface area (Å²) in [6.07, 6.45) is -0.178. The van der Waals surface area contributed by atoms with E-state index in [0.29, 0.717) is 26.4 Å². The van der Waals surface area contributed by atoms with E-state index in [1.54, 1.807) is 0 Å². The van der Waals surface area contributed by atoms with Crippen LogP contribution in [0.1, 0.15) is 15.9 Å². The van der Waals surface area contributed by atoms with Gasteiger partial charge in [-0.15, -0.1) is 0 Å². The van der Waals surface area contributed by atoms with Crippen LogP contribution in [0.3, 0.4) is 0 Å². The highest BCUT2D eigenvalue weighted by Gasteiger charge is 2.16. The van der Waals surface area contributed by atoms with Crippen LogP contribution in [-0.2, 0) is 9.47 Å². The van der Waals surface area contributed by atoms with E-state index in [4.69, 9.17) is 14.6 Å². The molecule has 1 aromatic carbocycles. The maximum atomic E-state index is 13.7. The molecule has 1 aliphatic heterocycles. The number of amides is 1. The minimum Gasteiger partial charge on any atom is -0.384 e. The highest BCUT2D eigenvalue weighted by Crippen LogP contribution is 2.10. The quantitative estimate of drug-likeness (QED) is 0.787. The number of benzene rings is 1. The second kappa shape index (κ2) is 7.74. The van der Waals surface area contributed by atoms with Gasteiger partial charge in [-0.1, -0.05) is 11.8 Å². The summed E-state index contributed by atoms with van der Waals surface area (Å²) in [6.45, 7) is 1.47. The number of carbonyl (C=O) groups excluding carboxylic acids is 1. The predicted octanol–water partition coefficient (Wildman–Crippen LogP) is 0.315. The number of ether oxygens (including phenoxy) is 2. The Morgan fingerprint density at radius 3 is 3.00 bits per heavy atom. The minimum atomic E-state index is -0.596. The van der Waals surface area contributed by atoms with Gasteiger partial charge in [0.2, 0.25) is 0 Å². The van der Waals surface area contributed by atoms with E-state index in [1.807, 2.05) is 0 Å². The predicted molar refractivity (Wildman–Crippen MR) is 73.3 cm³/mol. The van der Waals surface area contributed by atoms with Crippen LogP contribution in [0, 0.1) is 17.7 Å². The lowest BCUT2D eigenvalue weighted by Crippen LogP contribution is -2.39. The lowest BCUT2D eigenvalue weighted by Gasteiger charge is -2.23. The molecule has 1 atom stereocenters. The second-order valence-corrected chi connectivity index (χ2v) is 4.43. The molecule has 2 rings (SSSR count). The largest absolute Gasteiger partial charge is 0.384 e. The van der Waals surface area contributed by atoms with Gasteiger partial charge < -0.3 is 19.9 Å². The summed E-state index contributed by atoms with van der Waals surface area (Å²) < 4.78 is 24.3. The van der Waals surface area contributed by atoms with Crippen LogP contribution in [0.25, 0.3) is 0 Å². The second-order valence-electron chi connectivity index (χ2n) is 4.43. The summed E-state index contributed by atoms with van der Waals surface area (Å²) in [5, 5.41) is 11.2. The molecule has 1 heterocycles. The van der Waals surface area contributed by atoms with Crippen molar-refractivity contribution < 1.29 is 23.8 Å². The zero-order valence-corrected chi connectivity index (χ0v) is 11.4. The SMILES string of the molecule is O=C(NCC1COCCO1)c1ccc(C#CCO)c(F)c1. The number of nitrogens with one attached hydrogen (secondary N) is 1. The first-order chi connectivity index (χ1) is 10.2. The third-order valence-corrected chi connectivity index (χ3v) is 2.91. The summed E-state index contributed by atoms with van der Waals surface area (Å²) >= 11 is 0. The Bertz CT molecular complexity index is 559. The molecule has 1 aliphatic rings. The van der Waals surface area contributed by atoms with Crippen molar-refractivity contribution in [1.29, 1.82) is 0 Å². The van der Waals surface area contributed by atoms with Crippen LogP contribution in [0.5, 0.6) is 0 Å². The van der Waals surface area contributed by atoms with Crippen molar-refractivity contribution >= 4 is 5.91 Å². The van der Waals surface area contributed by atoms with E-state index in [2.05, 4.69) is 17.2 Å². The van der Waals surface area contributed by atoms with Gasteiger partial charge in [-0.05, 0) is 18.2 Å². The molecule has 21 heavy (non-hydrogen) atoms. The van der Waals surface area contributed by atoms with E-state index >= 15 is 0 Å². The van der Waals surface area contributed by atoms with E-state index in [0.717, 1.165) is 6.07 Å². The molecule has 0 aliphatic carbocycles. The Kier molecular flexibility index (Phi) is 5.69. The average molecular weight is 293 g/mol. The topological polar surface area (TPSA) is 67.8 Å². The van der Waals surface area contributed by atoms with E-state index in [1.165, 1.54) is 12.1 Å². The Balaban J connectivity index is 1.94. The van der Waals surface area contributed by atoms with Gasteiger partial charge in [-0.3, -0.25) is 4.79 Å². The zero-order valence-electron chi connectivity index (χ0n) is 11.4. The molecule has 0 spiro atoms. The summed E-state index contributed by atoms with van der Waals surface area (Å²) in [7, 11) is 0. The molecule has 1 saturated heterocycles. The Labute approximate surface area is 122 Å². The molecule has 112 valence electrons. The fourth-order valence-electron chi connectivity index (χ4n) is 1.86. The Hall–Kier alpha value is -1.94. The number of hydrogen-bond donors (Lipinski definition) is 2. The number of aliphatic hydroxyl groups excluding tert-OH is 1. The van der Waals surface area contributed by atoms with Crippen molar-refractivity contribution in [2.24, 2.45) is 0 Å². The summed E-state index contributed by atoms with van der Waals surface area (Å²) in [4.78, 5) is 11.9. The summed E-state index contributed by atoms with van der Waals surface area (Å²) in [5.41, 5.74) is 0.350. The highest BCUT2D eigenvalue weighted by molar-refractivity contribution is 5.94. The van der Waals surface area contributed by atoms with Gasteiger partial charge in [-0.2, -0.15) is 0 Å². The molecule has 0 bridgehead atoms. The number of aliphatic hydroxyl groups is 1. The normalized spacial score (nSPS) is 17.7. The monoisotopic (exact) mass is 293 g/mol. The van der Waals surface area contributed by atoms with Gasteiger partial charge in [-0.25, -0.2) is 4.39 Å². The fraction of sp³-hybridized carbons (Fsp3) is 0.400. The van der Waals surface area contributed by atoms with Gasteiger partial charge in [0.15, 0.2) is 0 Å².